The molecule has 2 aromatic rings. The summed E-state index contributed by atoms with van der Waals surface area (Å²) in [6.07, 6.45) is 1.53. The molecule has 0 bridgehead atoms. The van der Waals surface area contributed by atoms with Crippen LogP contribution in [0.5, 0.6) is 0 Å². The number of hydrogen-bond acceptors (Lipinski definition) is 4. The first-order valence-electron chi connectivity index (χ1n) is 9.18. The fraction of sp³-hybridized carbons (Fsp3) is 0.286. The molecule has 2 heterocycles. The number of rotatable bonds is 3. The Balaban J connectivity index is 1.54. The van der Waals surface area contributed by atoms with E-state index in [4.69, 9.17) is 4.74 Å². The number of anilines is 3. The molecule has 2 N–H and O–H groups in total. The first-order valence-corrected chi connectivity index (χ1v) is 9.18. The number of fused-ring (bicyclic) bond motifs is 1. The molecular weight excluding hydrogens is 364 g/mol. The molecule has 5 nitrogen and oxygen atoms in total. The third-order valence-electron chi connectivity index (χ3n) is 4.86. The summed E-state index contributed by atoms with van der Waals surface area (Å²) < 4.78 is 33.9. The van der Waals surface area contributed by atoms with Crippen LogP contribution in [0.2, 0.25) is 0 Å². The summed E-state index contributed by atoms with van der Waals surface area (Å²) in [5.74, 6) is -1.11. The van der Waals surface area contributed by atoms with Gasteiger partial charge < -0.3 is 20.3 Å². The summed E-state index contributed by atoms with van der Waals surface area (Å²) in [5, 5.41) is 5.61. The SMILES string of the molecule is CC1CN(c2ccc(N/C=C3/C(=O)Nc4ccc(F)cc43)cc2F)CC(C)O1. The van der Waals surface area contributed by atoms with Gasteiger partial charge in [-0.25, -0.2) is 8.78 Å². The highest BCUT2D eigenvalue weighted by molar-refractivity contribution is 6.31. The second kappa shape index (κ2) is 7.24. The predicted molar refractivity (Wildman–Crippen MR) is 105 cm³/mol. The van der Waals surface area contributed by atoms with Gasteiger partial charge in [-0.2, -0.15) is 0 Å². The van der Waals surface area contributed by atoms with E-state index < -0.39 is 5.82 Å². The Hall–Kier alpha value is -2.93. The predicted octanol–water partition coefficient (Wildman–Crippen LogP) is 3.98. The molecule has 0 spiro atoms. The van der Waals surface area contributed by atoms with Gasteiger partial charge >= 0.3 is 0 Å². The van der Waals surface area contributed by atoms with Crippen LogP contribution < -0.4 is 15.5 Å². The molecule has 2 aliphatic heterocycles. The highest BCUT2D eigenvalue weighted by Crippen LogP contribution is 2.32. The standard InChI is InChI=1S/C21H21F2N3O2/c1-12-10-26(11-13(2)28-12)20-6-4-15(8-18(20)23)24-9-17-16-7-14(22)3-5-19(16)25-21(17)27/h3-9,12-13,24H,10-11H2,1-2H3,(H,25,27)/b17-9+. The van der Waals surface area contributed by atoms with Crippen molar-refractivity contribution in [1.29, 1.82) is 0 Å². The summed E-state index contributed by atoms with van der Waals surface area (Å²) in [5.41, 5.74) is 2.35. The molecule has 7 heteroatoms. The fourth-order valence-electron chi connectivity index (χ4n) is 3.69. The van der Waals surface area contributed by atoms with Crippen molar-refractivity contribution in [3.8, 4) is 0 Å². The van der Waals surface area contributed by atoms with Crippen LogP contribution in [0.25, 0.3) is 5.57 Å². The van der Waals surface area contributed by atoms with Gasteiger partial charge in [-0.3, -0.25) is 4.79 Å². The van der Waals surface area contributed by atoms with Gasteiger partial charge in [-0.15, -0.1) is 0 Å². The molecule has 0 aliphatic carbocycles. The monoisotopic (exact) mass is 385 g/mol. The van der Waals surface area contributed by atoms with Crippen molar-refractivity contribution in [1.82, 2.24) is 0 Å². The lowest BCUT2D eigenvalue weighted by atomic mass is 10.1. The maximum atomic E-state index is 14.7. The number of amides is 1. The highest BCUT2D eigenvalue weighted by atomic mass is 19.1. The maximum absolute atomic E-state index is 14.7. The van der Waals surface area contributed by atoms with Gasteiger partial charge in [0.05, 0.1) is 23.5 Å². The van der Waals surface area contributed by atoms with E-state index in [2.05, 4.69) is 10.6 Å². The third kappa shape index (κ3) is 3.57. The van der Waals surface area contributed by atoms with Gasteiger partial charge in [0.15, 0.2) is 0 Å². The average Bonchev–Trinajstić information content (AvgIpc) is 2.93. The number of benzene rings is 2. The minimum absolute atomic E-state index is 0.0343. The summed E-state index contributed by atoms with van der Waals surface area (Å²) in [4.78, 5) is 14.1. The van der Waals surface area contributed by atoms with Crippen LogP contribution in [-0.2, 0) is 9.53 Å². The molecule has 2 atom stereocenters. The summed E-state index contributed by atoms with van der Waals surface area (Å²) in [7, 11) is 0. The van der Waals surface area contributed by atoms with E-state index in [1.165, 1.54) is 30.5 Å². The summed E-state index contributed by atoms with van der Waals surface area (Å²) in [6.45, 7) is 5.19. The molecule has 2 unspecified atom stereocenters. The summed E-state index contributed by atoms with van der Waals surface area (Å²) >= 11 is 0. The van der Waals surface area contributed by atoms with E-state index in [0.717, 1.165) is 0 Å². The van der Waals surface area contributed by atoms with Crippen molar-refractivity contribution in [3.63, 3.8) is 0 Å². The minimum atomic E-state index is -0.425. The Morgan fingerprint density at radius 2 is 1.89 bits per heavy atom. The minimum Gasteiger partial charge on any atom is -0.372 e. The number of nitrogens with zero attached hydrogens (tertiary/aromatic N) is 1. The fourth-order valence-corrected chi connectivity index (χ4v) is 3.69. The molecule has 28 heavy (non-hydrogen) atoms. The topological polar surface area (TPSA) is 53.6 Å². The Labute approximate surface area is 162 Å². The van der Waals surface area contributed by atoms with E-state index in [9.17, 15) is 13.6 Å². The Morgan fingerprint density at radius 3 is 2.61 bits per heavy atom. The quantitative estimate of drug-likeness (QED) is 0.785. The Kier molecular flexibility index (Phi) is 4.77. The molecule has 2 aliphatic rings. The smallest absolute Gasteiger partial charge is 0.257 e. The number of ether oxygens (including phenoxy) is 1. The Morgan fingerprint density at radius 1 is 1.14 bits per heavy atom. The van der Waals surface area contributed by atoms with E-state index in [1.807, 2.05) is 18.7 Å². The maximum Gasteiger partial charge on any atom is 0.257 e. The number of carbonyl (C=O) groups excluding carboxylic acids is 1. The number of morpholine rings is 1. The zero-order valence-corrected chi connectivity index (χ0v) is 15.6. The van der Waals surface area contributed by atoms with Crippen LogP contribution in [-0.4, -0.2) is 31.2 Å². The van der Waals surface area contributed by atoms with Gasteiger partial charge in [-0.05, 0) is 50.2 Å². The van der Waals surface area contributed by atoms with Crippen LogP contribution in [0.1, 0.15) is 19.4 Å². The second-order valence-corrected chi connectivity index (χ2v) is 7.17. The largest absolute Gasteiger partial charge is 0.372 e. The molecule has 1 saturated heterocycles. The molecule has 146 valence electrons. The van der Waals surface area contributed by atoms with Crippen molar-refractivity contribution in [2.45, 2.75) is 26.1 Å². The molecule has 0 radical (unpaired) electrons. The van der Waals surface area contributed by atoms with Crippen LogP contribution in [0.15, 0.2) is 42.6 Å². The van der Waals surface area contributed by atoms with Crippen molar-refractivity contribution < 1.29 is 18.3 Å². The molecular formula is C21H21F2N3O2. The first-order chi connectivity index (χ1) is 13.4. The normalized spacial score (nSPS) is 22.9. The molecule has 0 saturated carbocycles. The van der Waals surface area contributed by atoms with E-state index in [-0.39, 0.29) is 23.9 Å². The molecule has 2 aromatic carbocycles. The van der Waals surface area contributed by atoms with Gasteiger partial charge in [-0.1, -0.05) is 0 Å². The van der Waals surface area contributed by atoms with Crippen LogP contribution >= 0.6 is 0 Å². The van der Waals surface area contributed by atoms with Gasteiger partial charge in [0.1, 0.15) is 11.6 Å². The molecule has 1 fully saturated rings. The van der Waals surface area contributed by atoms with E-state index >= 15 is 0 Å². The van der Waals surface area contributed by atoms with Crippen LogP contribution in [0, 0.1) is 11.6 Å². The van der Waals surface area contributed by atoms with Crippen molar-refractivity contribution >= 4 is 28.5 Å². The lowest BCUT2D eigenvalue weighted by Gasteiger charge is -2.37. The lowest BCUT2D eigenvalue weighted by molar-refractivity contribution is -0.110. The summed E-state index contributed by atoms with van der Waals surface area (Å²) in [6, 6.07) is 8.95. The van der Waals surface area contributed by atoms with Gasteiger partial charge in [0.2, 0.25) is 0 Å². The first kappa shape index (κ1) is 18.4. The van der Waals surface area contributed by atoms with Gasteiger partial charge in [0, 0.05) is 36.2 Å². The van der Waals surface area contributed by atoms with Gasteiger partial charge in [0.25, 0.3) is 5.91 Å². The number of halogens is 2. The van der Waals surface area contributed by atoms with E-state index in [1.54, 1.807) is 12.1 Å². The van der Waals surface area contributed by atoms with Crippen molar-refractivity contribution in [2.75, 3.05) is 28.6 Å². The zero-order valence-electron chi connectivity index (χ0n) is 15.6. The highest BCUT2D eigenvalue weighted by Gasteiger charge is 2.25. The number of hydrogen-bond donors (Lipinski definition) is 2. The van der Waals surface area contributed by atoms with Crippen LogP contribution in [0.3, 0.4) is 0 Å². The molecule has 4 rings (SSSR count). The Bertz CT molecular complexity index is 951. The average molecular weight is 385 g/mol. The van der Waals surface area contributed by atoms with Crippen LogP contribution in [0.4, 0.5) is 25.8 Å². The van der Waals surface area contributed by atoms with Crippen molar-refractivity contribution in [3.05, 3.63) is 59.8 Å². The number of nitrogens with one attached hydrogen (secondary N) is 2. The van der Waals surface area contributed by atoms with E-state index in [0.29, 0.717) is 41.3 Å². The third-order valence-corrected chi connectivity index (χ3v) is 4.86. The zero-order chi connectivity index (χ0) is 19.8. The van der Waals surface area contributed by atoms with Crippen molar-refractivity contribution in [2.24, 2.45) is 0 Å². The molecule has 0 aromatic heterocycles. The molecule has 1 amide bonds. The second-order valence-electron chi connectivity index (χ2n) is 7.17. The number of carbonyl (C=O) groups is 1. The lowest BCUT2D eigenvalue weighted by Crippen LogP contribution is -2.45.